The molecule has 0 aromatic carbocycles. The van der Waals surface area contributed by atoms with Gasteiger partial charge in [0, 0.05) is 46.0 Å². The minimum absolute atomic E-state index is 0.00724. The average molecular weight is 346 g/mol. The van der Waals surface area contributed by atoms with Crippen molar-refractivity contribution in [3.05, 3.63) is 24.4 Å². The molecule has 1 amide bonds. The van der Waals surface area contributed by atoms with Crippen LogP contribution in [0.25, 0.3) is 0 Å². The van der Waals surface area contributed by atoms with Crippen molar-refractivity contribution in [3.8, 4) is 0 Å². The van der Waals surface area contributed by atoms with Gasteiger partial charge in [-0.25, -0.2) is 9.98 Å². The third-order valence-corrected chi connectivity index (χ3v) is 4.05. The van der Waals surface area contributed by atoms with Crippen LogP contribution in [0.1, 0.15) is 20.3 Å². The standard InChI is InChI=1S/C18H30N6O/c1-14(2)11-20-18(21-12-17(25)23(3)4)22-15-8-10-24(13-15)16-7-5-6-9-19-16/h5-7,9,14-15H,8,10-13H2,1-4H3,(H2,20,21,22)/t15-/m1/s1. The van der Waals surface area contributed by atoms with E-state index in [1.54, 1.807) is 19.0 Å². The number of aliphatic imine (C=N–C) groups is 1. The molecule has 0 aliphatic carbocycles. The van der Waals surface area contributed by atoms with Gasteiger partial charge in [-0.05, 0) is 24.5 Å². The first-order valence-corrected chi connectivity index (χ1v) is 8.86. The Morgan fingerprint density at radius 3 is 2.88 bits per heavy atom. The molecule has 1 fully saturated rings. The Bertz CT molecular complexity index is 572. The normalized spacial score (nSPS) is 17.7. The Morgan fingerprint density at radius 1 is 1.44 bits per heavy atom. The first-order chi connectivity index (χ1) is 12.0. The fraction of sp³-hybridized carbons (Fsp3) is 0.611. The molecule has 2 heterocycles. The van der Waals surface area contributed by atoms with Gasteiger partial charge in [0.2, 0.25) is 5.91 Å². The maximum Gasteiger partial charge on any atom is 0.243 e. The van der Waals surface area contributed by atoms with Crippen molar-refractivity contribution in [3.63, 3.8) is 0 Å². The Labute approximate surface area is 150 Å². The van der Waals surface area contributed by atoms with Crippen molar-refractivity contribution in [2.45, 2.75) is 26.3 Å². The summed E-state index contributed by atoms with van der Waals surface area (Å²) >= 11 is 0. The largest absolute Gasteiger partial charge is 0.356 e. The number of nitrogens with one attached hydrogen (secondary N) is 2. The summed E-state index contributed by atoms with van der Waals surface area (Å²) < 4.78 is 0. The molecular formula is C18H30N6O. The van der Waals surface area contributed by atoms with E-state index in [9.17, 15) is 4.79 Å². The maximum atomic E-state index is 11.8. The van der Waals surface area contributed by atoms with Crippen LogP contribution in [0, 0.1) is 5.92 Å². The van der Waals surface area contributed by atoms with Crippen molar-refractivity contribution in [2.75, 3.05) is 45.2 Å². The molecular weight excluding hydrogens is 316 g/mol. The number of guanidine groups is 1. The number of aromatic nitrogens is 1. The lowest BCUT2D eigenvalue weighted by molar-refractivity contribution is -0.127. The van der Waals surface area contributed by atoms with Crippen molar-refractivity contribution in [1.29, 1.82) is 0 Å². The lowest BCUT2D eigenvalue weighted by atomic mass is 10.2. The molecule has 1 aromatic heterocycles. The second-order valence-corrected chi connectivity index (χ2v) is 6.99. The summed E-state index contributed by atoms with van der Waals surface area (Å²) in [4.78, 5) is 24.5. The van der Waals surface area contributed by atoms with E-state index in [1.165, 1.54) is 0 Å². The zero-order valence-electron chi connectivity index (χ0n) is 15.7. The maximum absolute atomic E-state index is 11.8. The minimum Gasteiger partial charge on any atom is -0.356 e. The van der Waals surface area contributed by atoms with E-state index in [2.05, 4.69) is 39.4 Å². The summed E-state index contributed by atoms with van der Waals surface area (Å²) in [6.07, 6.45) is 2.83. The second kappa shape index (κ2) is 9.25. The summed E-state index contributed by atoms with van der Waals surface area (Å²) in [5.41, 5.74) is 0. The highest BCUT2D eigenvalue weighted by atomic mass is 16.2. The summed E-state index contributed by atoms with van der Waals surface area (Å²) in [7, 11) is 3.49. The summed E-state index contributed by atoms with van der Waals surface area (Å²) in [5.74, 6) is 2.21. The number of pyridine rings is 1. The summed E-state index contributed by atoms with van der Waals surface area (Å²) in [6.45, 7) is 7.10. The van der Waals surface area contributed by atoms with Gasteiger partial charge in [-0.15, -0.1) is 0 Å². The van der Waals surface area contributed by atoms with Gasteiger partial charge < -0.3 is 20.4 Å². The smallest absolute Gasteiger partial charge is 0.243 e. The number of nitrogens with zero attached hydrogens (tertiary/aromatic N) is 4. The van der Waals surface area contributed by atoms with Crippen LogP contribution in [0.3, 0.4) is 0 Å². The number of amides is 1. The van der Waals surface area contributed by atoms with E-state index in [4.69, 9.17) is 0 Å². The minimum atomic E-state index is -0.00724. The van der Waals surface area contributed by atoms with Crippen LogP contribution < -0.4 is 15.5 Å². The molecule has 1 aliphatic rings. The molecule has 1 saturated heterocycles. The van der Waals surface area contributed by atoms with Gasteiger partial charge in [0.1, 0.15) is 12.4 Å². The number of rotatable bonds is 6. The topological polar surface area (TPSA) is 72.9 Å². The monoisotopic (exact) mass is 346 g/mol. The fourth-order valence-electron chi connectivity index (χ4n) is 2.56. The lowest BCUT2D eigenvalue weighted by Crippen LogP contribution is -2.46. The number of carbonyl (C=O) groups is 1. The Balaban J connectivity index is 1.94. The zero-order valence-corrected chi connectivity index (χ0v) is 15.7. The van der Waals surface area contributed by atoms with Crippen LogP contribution in [0.15, 0.2) is 29.4 Å². The first kappa shape index (κ1) is 19.0. The molecule has 7 nitrogen and oxygen atoms in total. The van der Waals surface area contributed by atoms with E-state index in [0.29, 0.717) is 11.9 Å². The average Bonchev–Trinajstić information content (AvgIpc) is 3.06. The predicted octanol–water partition coefficient (Wildman–Crippen LogP) is 0.940. The highest BCUT2D eigenvalue weighted by Crippen LogP contribution is 2.17. The van der Waals surface area contributed by atoms with E-state index < -0.39 is 0 Å². The van der Waals surface area contributed by atoms with Crippen LogP contribution in [0.4, 0.5) is 5.82 Å². The second-order valence-electron chi connectivity index (χ2n) is 6.99. The molecule has 7 heteroatoms. The van der Waals surface area contributed by atoms with Gasteiger partial charge >= 0.3 is 0 Å². The number of carbonyl (C=O) groups excluding carboxylic acids is 1. The van der Waals surface area contributed by atoms with E-state index in [-0.39, 0.29) is 18.5 Å². The molecule has 2 N–H and O–H groups in total. The molecule has 0 spiro atoms. The molecule has 0 unspecified atom stereocenters. The van der Waals surface area contributed by atoms with E-state index >= 15 is 0 Å². The zero-order chi connectivity index (χ0) is 18.2. The van der Waals surface area contributed by atoms with Crippen LogP contribution >= 0.6 is 0 Å². The van der Waals surface area contributed by atoms with E-state index in [1.807, 2.05) is 24.4 Å². The van der Waals surface area contributed by atoms with Crippen LogP contribution in [0.5, 0.6) is 0 Å². The number of anilines is 1. The third-order valence-electron chi connectivity index (χ3n) is 4.05. The van der Waals surface area contributed by atoms with Gasteiger partial charge in [-0.2, -0.15) is 0 Å². The van der Waals surface area contributed by atoms with Crippen molar-refractivity contribution in [1.82, 2.24) is 20.5 Å². The van der Waals surface area contributed by atoms with Gasteiger partial charge in [0.05, 0.1) is 0 Å². The Morgan fingerprint density at radius 2 is 2.24 bits per heavy atom. The molecule has 138 valence electrons. The van der Waals surface area contributed by atoms with Crippen molar-refractivity contribution < 1.29 is 4.79 Å². The molecule has 25 heavy (non-hydrogen) atoms. The van der Waals surface area contributed by atoms with Gasteiger partial charge in [-0.3, -0.25) is 4.79 Å². The van der Waals surface area contributed by atoms with Crippen molar-refractivity contribution >= 4 is 17.7 Å². The molecule has 1 aliphatic heterocycles. The fourth-order valence-corrected chi connectivity index (χ4v) is 2.56. The van der Waals surface area contributed by atoms with E-state index in [0.717, 1.165) is 31.9 Å². The summed E-state index contributed by atoms with van der Waals surface area (Å²) in [6, 6.07) is 6.25. The molecule has 0 radical (unpaired) electrons. The van der Waals surface area contributed by atoms with Gasteiger partial charge in [-0.1, -0.05) is 19.9 Å². The van der Waals surface area contributed by atoms with Crippen LogP contribution in [0.2, 0.25) is 0 Å². The van der Waals surface area contributed by atoms with Gasteiger partial charge in [0.15, 0.2) is 5.96 Å². The SMILES string of the molecule is CC(C)CNC(=NCC(=O)N(C)C)N[C@@H]1CCN(c2ccccn2)C1. The summed E-state index contributed by atoms with van der Waals surface area (Å²) in [5, 5.41) is 6.79. The molecule has 1 aromatic rings. The Kier molecular flexibility index (Phi) is 7.03. The predicted molar refractivity (Wildman–Crippen MR) is 102 cm³/mol. The molecule has 1 atom stereocenters. The number of hydrogen-bond acceptors (Lipinski definition) is 4. The molecule has 0 saturated carbocycles. The Hall–Kier alpha value is -2.31. The number of likely N-dealkylation sites (N-methyl/N-ethyl adjacent to an activating group) is 1. The van der Waals surface area contributed by atoms with Crippen LogP contribution in [-0.2, 0) is 4.79 Å². The molecule has 2 rings (SSSR count). The third kappa shape index (κ3) is 6.25. The van der Waals surface area contributed by atoms with Gasteiger partial charge in [0.25, 0.3) is 0 Å². The lowest BCUT2D eigenvalue weighted by Gasteiger charge is -2.20. The van der Waals surface area contributed by atoms with Crippen molar-refractivity contribution in [2.24, 2.45) is 10.9 Å². The number of hydrogen-bond donors (Lipinski definition) is 2. The molecule has 0 bridgehead atoms. The quantitative estimate of drug-likeness (QED) is 0.592. The van der Waals surface area contributed by atoms with Crippen LogP contribution in [-0.4, -0.2) is 68.1 Å². The highest BCUT2D eigenvalue weighted by molar-refractivity contribution is 5.85. The first-order valence-electron chi connectivity index (χ1n) is 8.86. The highest BCUT2D eigenvalue weighted by Gasteiger charge is 2.24.